The molecule has 0 aliphatic carbocycles. The first-order valence-electron chi connectivity index (χ1n) is 17.9. The number of hydrogen-bond donors (Lipinski definition) is 0. The molecule has 0 amide bonds. The average molecular weight is 540 g/mol. The van der Waals surface area contributed by atoms with Crippen LogP contribution in [0.4, 0.5) is 0 Å². The van der Waals surface area contributed by atoms with E-state index in [0.717, 1.165) is 0 Å². The molecule has 0 aromatic heterocycles. The van der Waals surface area contributed by atoms with E-state index >= 15 is 0 Å². The average Bonchev–Trinajstić information content (AvgIpc) is 2.88. The highest BCUT2D eigenvalue weighted by Crippen LogP contribution is 2.13. The summed E-state index contributed by atoms with van der Waals surface area (Å²) in [5.74, 6) is 0. The highest BCUT2D eigenvalue weighted by molar-refractivity contribution is 4.50. The summed E-state index contributed by atoms with van der Waals surface area (Å²) < 4.78 is 1.24. The van der Waals surface area contributed by atoms with Crippen LogP contribution in [0, 0.1) is 0 Å². The summed E-state index contributed by atoms with van der Waals surface area (Å²) in [6, 6.07) is 0. The Hall–Kier alpha value is -0.0800. The van der Waals surface area contributed by atoms with Crippen LogP contribution >= 0.6 is 0 Å². The number of nitrogens with zero attached hydrogens (tertiary/aromatic N) is 2. The van der Waals surface area contributed by atoms with Gasteiger partial charge < -0.3 is 9.38 Å². The first-order valence-corrected chi connectivity index (χ1v) is 17.9. The Balaban J connectivity index is 0. The molecule has 2 heteroatoms. The monoisotopic (exact) mass is 540 g/mol. The van der Waals surface area contributed by atoms with Gasteiger partial charge in [-0.2, -0.15) is 0 Å². The molecule has 0 radical (unpaired) electrons. The van der Waals surface area contributed by atoms with Gasteiger partial charge in [-0.25, -0.2) is 0 Å². The largest absolute Gasteiger partial charge is 0.328 e. The fourth-order valence-electron chi connectivity index (χ4n) is 5.37. The molecule has 0 aromatic rings. The van der Waals surface area contributed by atoms with Crippen molar-refractivity contribution in [1.82, 2.24) is 4.90 Å². The molecule has 0 aliphatic rings. The van der Waals surface area contributed by atoms with Gasteiger partial charge in [-0.05, 0) is 52.7 Å². The van der Waals surface area contributed by atoms with Gasteiger partial charge in [0.1, 0.15) is 0 Å². The zero-order chi connectivity index (χ0) is 28.6. The predicted molar refractivity (Wildman–Crippen MR) is 177 cm³/mol. The van der Waals surface area contributed by atoms with Gasteiger partial charge in [-0.3, -0.25) is 0 Å². The summed E-state index contributed by atoms with van der Waals surface area (Å²) in [6.07, 6.45) is 37.4. The van der Waals surface area contributed by atoms with E-state index in [-0.39, 0.29) is 0 Å². The first-order chi connectivity index (χ1) is 18.4. The first kappa shape index (κ1) is 40.1. The number of quaternary nitrogens is 1. The third kappa shape index (κ3) is 38.1. The highest BCUT2D eigenvalue weighted by atomic mass is 15.3. The topological polar surface area (TPSA) is 3.24 Å². The maximum Gasteiger partial charge on any atom is 0.0782 e. The van der Waals surface area contributed by atoms with E-state index in [4.69, 9.17) is 0 Å². The Bertz CT molecular complexity index is 382. The summed E-state index contributed by atoms with van der Waals surface area (Å²) >= 11 is 0. The fraction of sp³-hybridized carbons (Fsp3) is 1.00. The smallest absolute Gasteiger partial charge is 0.0782 e. The van der Waals surface area contributed by atoms with E-state index in [0.29, 0.717) is 0 Å². The van der Waals surface area contributed by atoms with Gasteiger partial charge in [0, 0.05) is 0 Å². The van der Waals surface area contributed by atoms with Gasteiger partial charge in [-0.15, -0.1) is 0 Å². The molecular weight excluding hydrogens is 460 g/mol. The molecule has 0 aliphatic heterocycles. The van der Waals surface area contributed by atoms with Crippen molar-refractivity contribution in [2.45, 2.75) is 188 Å². The zero-order valence-corrected chi connectivity index (χ0v) is 28.4. The van der Waals surface area contributed by atoms with Crippen LogP contribution in [-0.4, -0.2) is 57.2 Å². The van der Waals surface area contributed by atoms with Crippen LogP contribution < -0.4 is 0 Å². The lowest BCUT2D eigenvalue weighted by Gasteiger charge is -2.30. The summed E-state index contributed by atoms with van der Waals surface area (Å²) in [6.45, 7) is 10.9. The minimum atomic E-state index is 1.24. The van der Waals surface area contributed by atoms with Crippen LogP contribution in [0.5, 0.6) is 0 Å². The Morgan fingerprint density at radius 1 is 0.342 bits per heavy atom. The maximum atomic E-state index is 2.43. The molecule has 0 atom stereocenters. The summed E-state index contributed by atoms with van der Waals surface area (Å²) in [5, 5.41) is 0. The molecule has 0 unspecified atom stereocenters. The molecule has 2 nitrogen and oxygen atoms in total. The van der Waals surface area contributed by atoms with Gasteiger partial charge in [0.25, 0.3) is 0 Å². The molecule has 0 aromatic carbocycles. The van der Waals surface area contributed by atoms with Crippen molar-refractivity contribution in [3.8, 4) is 0 Å². The minimum absolute atomic E-state index is 1.24. The van der Waals surface area contributed by atoms with Crippen molar-refractivity contribution in [2.24, 2.45) is 0 Å². The molecule has 0 heterocycles. The van der Waals surface area contributed by atoms with E-state index in [2.05, 4.69) is 53.9 Å². The number of hydrogen-bond acceptors (Lipinski definition) is 1. The fourth-order valence-corrected chi connectivity index (χ4v) is 5.37. The standard InChI is InChI=1S/C22H48N.C14H31N/c1-5-7-9-11-13-15-17-19-21-23(3,4)22-20-18-16-14-12-10-8-6-2;1-4-5-6-7-8-9-10-11-12-13-14-15(2)3/h5-22H2,1-4H3;4-14H2,1-3H3/q+1;. The van der Waals surface area contributed by atoms with Gasteiger partial charge in [0.15, 0.2) is 0 Å². The summed E-state index contributed by atoms with van der Waals surface area (Å²) in [4.78, 5) is 2.28. The van der Waals surface area contributed by atoms with E-state index in [1.165, 1.54) is 191 Å². The lowest BCUT2D eigenvalue weighted by Crippen LogP contribution is -2.41. The van der Waals surface area contributed by atoms with Crippen molar-refractivity contribution < 1.29 is 4.48 Å². The predicted octanol–water partition coefficient (Wildman–Crippen LogP) is 11.8. The van der Waals surface area contributed by atoms with Gasteiger partial charge in [0.05, 0.1) is 27.2 Å². The van der Waals surface area contributed by atoms with Crippen molar-refractivity contribution in [3.63, 3.8) is 0 Å². The van der Waals surface area contributed by atoms with E-state index < -0.39 is 0 Å². The summed E-state index contributed by atoms with van der Waals surface area (Å²) in [5.41, 5.74) is 0. The van der Waals surface area contributed by atoms with E-state index in [9.17, 15) is 0 Å². The second kappa shape index (κ2) is 33.1. The second-order valence-corrected chi connectivity index (χ2v) is 13.3. The zero-order valence-electron chi connectivity index (χ0n) is 28.4. The molecular formula is C36H79N2+. The Kier molecular flexibility index (Phi) is 34.9. The number of unbranched alkanes of at least 4 members (excludes halogenated alkanes) is 23. The Labute approximate surface area is 244 Å². The third-order valence-corrected chi connectivity index (χ3v) is 8.19. The van der Waals surface area contributed by atoms with E-state index in [1.807, 2.05) is 0 Å². The molecule has 0 spiro atoms. The molecule has 0 saturated carbocycles. The van der Waals surface area contributed by atoms with Gasteiger partial charge in [0.2, 0.25) is 0 Å². The maximum absolute atomic E-state index is 2.43. The van der Waals surface area contributed by atoms with Crippen LogP contribution in [0.15, 0.2) is 0 Å². The number of rotatable bonds is 29. The van der Waals surface area contributed by atoms with Crippen molar-refractivity contribution in [2.75, 3.05) is 47.8 Å². The molecule has 0 N–H and O–H groups in total. The lowest BCUT2D eigenvalue weighted by atomic mass is 10.1. The second-order valence-electron chi connectivity index (χ2n) is 13.3. The third-order valence-electron chi connectivity index (χ3n) is 8.19. The Morgan fingerprint density at radius 2 is 0.579 bits per heavy atom. The molecule has 0 rings (SSSR count). The molecule has 0 saturated heterocycles. The van der Waals surface area contributed by atoms with Crippen LogP contribution in [0.2, 0.25) is 0 Å². The molecule has 0 bridgehead atoms. The van der Waals surface area contributed by atoms with Crippen LogP contribution in [0.1, 0.15) is 188 Å². The lowest BCUT2D eigenvalue weighted by molar-refractivity contribution is -0.890. The van der Waals surface area contributed by atoms with Crippen molar-refractivity contribution in [1.29, 1.82) is 0 Å². The van der Waals surface area contributed by atoms with Crippen LogP contribution in [0.25, 0.3) is 0 Å². The van der Waals surface area contributed by atoms with Crippen molar-refractivity contribution in [3.05, 3.63) is 0 Å². The SMILES string of the molecule is CCCCCCCCCCCCN(C)C.CCCCCCCCCC[N+](C)(C)CCCCCCCCCC. The molecule has 38 heavy (non-hydrogen) atoms. The van der Waals surface area contributed by atoms with Gasteiger partial charge >= 0.3 is 0 Å². The minimum Gasteiger partial charge on any atom is -0.328 e. The molecule has 0 fully saturated rings. The summed E-state index contributed by atoms with van der Waals surface area (Å²) in [7, 11) is 9.19. The van der Waals surface area contributed by atoms with Crippen LogP contribution in [0.3, 0.4) is 0 Å². The molecule has 232 valence electrons. The van der Waals surface area contributed by atoms with Gasteiger partial charge in [-0.1, -0.05) is 156 Å². The van der Waals surface area contributed by atoms with Crippen molar-refractivity contribution >= 4 is 0 Å². The quantitative estimate of drug-likeness (QED) is 0.0674. The Morgan fingerprint density at radius 3 is 0.842 bits per heavy atom. The van der Waals surface area contributed by atoms with Crippen LogP contribution in [-0.2, 0) is 0 Å². The highest BCUT2D eigenvalue weighted by Gasteiger charge is 2.13. The normalized spacial score (nSPS) is 11.7. The van der Waals surface area contributed by atoms with E-state index in [1.54, 1.807) is 0 Å².